The van der Waals surface area contributed by atoms with Crippen molar-refractivity contribution in [2.75, 3.05) is 25.1 Å². The van der Waals surface area contributed by atoms with E-state index in [1.165, 1.54) is 23.2 Å². The number of nitrogens with zero attached hydrogens (tertiary/aromatic N) is 1. The number of rotatable bonds is 5. The van der Waals surface area contributed by atoms with Crippen LogP contribution in [0.5, 0.6) is 0 Å². The summed E-state index contributed by atoms with van der Waals surface area (Å²) in [7, 11) is 2.15. The topological polar surface area (TPSA) is 23.5 Å². The Balaban J connectivity index is 2.18. The lowest BCUT2D eigenvalue weighted by Crippen LogP contribution is -2.43. The number of aliphatic hydroxyl groups is 1. The number of aliphatic hydroxyl groups excluding tert-OH is 1. The van der Waals surface area contributed by atoms with Crippen LogP contribution < -0.4 is 4.90 Å². The first-order chi connectivity index (χ1) is 8.97. The molecule has 1 aliphatic carbocycles. The van der Waals surface area contributed by atoms with Crippen LogP contribution in [0.3, 0.4) is 0 Å². The van der Waals surface area contributed by atoms with Crippen LogP contribution in [0.15, 0.2) is 18.2 Å². The summed E-state index contributed by atoms with van der Waals surface area (Å²) in [5.41, 5.74) is 4.17. The summed E-state index contributed by atoms with van der Waals surface area (Å²) in [4.78, 5) is 2.33. The van der Waals surface area contributed by atoms with Gasteiger partial charge in [-0.1, -0.05) is 32.4 Å². The van der Waals surface area contributed by atoms with Crippen LogP contribution >= 0.6 is 0 Å². The van der Waals surface area contributed by atoms with Crippen LogP contribution in [-0.2, 0) is 0 Å². The molecule has 0 aromatic heterocycles. The Morgan fingerprint density at radius 2 is 2.00 bits per heavy atom. The van der Waals surface area contributed by atoms with Gasteiger partial charge in [-0.3, -0.25) is 0 Å². The van der Waals surface area contributed by atoms with Crippen LogP contribution in [0.25, 0.3) is 0 Å². The molecule has 1 aromatic rings. The molecular weight excluding hydrogens is 234 g/mol. The summed E-state index contributed by atoms with van der Waals surface area (Å²) in [6.45, 7) is 7.92. The second-order valence-electron chi connectivity index (χ2n) is 6.57. The van der Waals surface area contributed by atoms with Crippen LogP contribution in [0.1, 0.15) is 50.2 Å². The molecule has 0 saturated heterocycles. The fourth-order valence-electron chi connectivity index (χ4n) is 3.03. The molecule has 1 N–H and O–H groups in total. The monoisotopic (exact) mass is 261 g/mol. The van der Waals surface area contributed by atoms with Crippen LogP contribution in [0.2, 0.25) is 0 Å². The van der Waals surface area contributed by atoms with Crippen LogP contribution in [-0.4, -0.2) is 25.3 Å². The van der Waals surface area contributed by atoms with Crippen molar-refractivity contribution in [2.45, 2.75) is 46.0 Å². The van der Waals surface area contributed by atoms with Crippen molar-refractivity contribution in [3.8, 4) is 0 Å². The molecular formula is C17H27NO. The summed E-state index contributed by atoms with van der Waals surface area (Å²) in [5, 5.41) is 9.62. The molecule has 2 heteroatoms. The van der Waals surface area contributed by atoms with Gasteiger partial charge in [0.15, 0.2) is 0 Å². The molecule has 0 atom stereocenters. The van der Waals surface area contributed by atoms with Crippen LogP contribution in [0.4, 0.5) is 5.69 Å². The second-order valence-corrected chi connectivity index (χ2v) is 6.57. The third-order valence-electron chi connectivity index (χ3n) is 4.63. The Hall–Kier alpha value is -1.02. The third-order valence-corrected chi connectivity index (χ3v) is 4.63. The molecule has 1 aromatic carbocycles. The van der Waals surface area contributed by atoms with Gasteiger partial charge in [0.2, 0.25) is 0 Å². The first-order valence-corrected chi connectivity index (χ1v) is 7.40. The molecule has 2 nitrogen and oxygen atoms in total. The minimum Gasteiger partial charge on any atom is -0.396 e. The highest BCUT2D eigenvalue weighted by atomic mass is 16.3. The fourth-order valence-corrected chi connectivity index (χ4v) is 3.03. The quantitative estimate of drug-likeness (QED) is 0.873. The van der Waals surface area contributed by atoms with Crippen molar-refractivity contribution in [1.29, 1.82) is 0 Å². The summed E-state index contributed by atoms with van der Waals surface area (Å²) < 4.78 is 0. The predicted octanol–water partition coefficient (Wildman–Crippen LogP) is 3.72. The summed E-state index contributed by atoms with van der Waals surface area (Å²) in [5.74, 6) is 0.559. The third kappa shape index (κ3) is 2.94. The van der Waals surface area contributed by atoms with Crippen molar-refractivity contribution in [3.63, 3.8) is 0 Å². The highest BCUT2D eigenvalue weighted by molar-refractivity contribution is 5.55. The zero-order chi connectivity index (χ0) is 14.0. The van der Waals surface area contributed by atoms with Crippen LogP contribution in [0, 0.1) is 12.3 Å². The molecule has 0 heterocycles. The van der Waals surface area contributed by atoms with Gasteiger partial charge in [-0.15, -0.1) is 0 Å². The van der Waals surface area contributed by atoms with Gasteiger partial charge in [0.05, 0.1) is 6.61 Å². The lowest BCUT2D eigenvalue weighted by molar-refractivity contribution is 0.0524. The number of benzene rings is 1. The highest BCUT2D eigenvalue weighted by Crippen LogP contribution is 2.41. The van der Waals surface area contributed by atoms with E-state index in [-0.39, 0.29) is 5.41 Å². The van der Waals surface area contributed by atoms with E-state index in [1.54, 1.807) is 0 Å². The van der Waals surface area contributed by atoms with E-state index in [4.69, 9.17) is 0 Å². The maximum absolute atomic E-state index is 9.62. The van der Waals surface area contributed by atoms with Gasteiger partial charge in [-0.25, -0.2) is 0 Å². The van der Waals surface area contributed by atoms with E-state index in [9.17, 15) is 5.11 Å². The lowest BCUT2D eigenvalue weighted by atomic mass is 9.69. The maximum atomic E-state index is 9.62. The van der Waals surface area contributed by atoms with Gasteiger partial charge in [-0.05, 0) is 42.9 Å². The van der Waals surface area contributed by atoms with E-state index >= 15 is 0 Å². The minimum absolute atomic E-state index is 0.148. The molecule has 0 aliphatic heterocycles. The Bertz CT molecular complexity index is 429. The van der Waals surface area contributed by atoms with E-state index in [0.717, 1.165) is 19.4 Å². The average molecular weight is 261 g/mol. The van der Waals surface area contributed by atoms with Crippen molar-refractivity contribution < 1.29 is 5.11 Å². The molecule has 1 saturated carbocycles. The van der Waals surface area contributed by atoms with Gasteiger partial charge >= 0.3 is 0 Å². The SMILES string of the molecule is Cc1ccc(C(C)C)cc1N(C)CC1(CO)CCC1. The summed E-state index contributed by atoms with van der Waals surface area (Å²) in [6, 6.07) is 6.75. The fraction of sp³-hybridized carbons (Fsp3) is 0.647. The highest BCUT2D eigenvalue weighted by Gasteiger charge is 2.37. The van der Waals surface area contributed by atoms with Crippen molar-refractivity contribution in [2.24, 2.45) is 5.41 Å². The molecule has 0 spiro atoms. The summed E-state index contributed by atoms with van der Waals surface area (Å²) >= 11 is 0. The van der Waals surface area contributed by atoms with E-state index in [1.807, 2.05) is 0 Å². The van der Waals surface area contributed by atoms with Gasteiger partial charge < -0.3 is 10.0 Å². The molecule has 19 heavy (non-hydrogen) atoms. The first-order valence-electron chi connectivity index (χ1n) is 7.40. The number of anilines is 1. The molecule has 0 radical (unpaired) electrons. The van der Waals surface area contributed by atoms with Gasteiger partial charge in [0, 0.05) is 24.7 Å². The minimum atomic E-state index is 0.148. The standard InChI is InChI=1S/C17H27NO/c1-13(2)15-7-6-14(3)16(10-15)18(4)11-17(12-19)8-5-9-17/h6-7,10,13,19H,5,8-9,11-12H2,1-4H3. The predicted molar refractivity (Wildman–Crippen MR) is 81.9 cm³/mol. The smallest absolute Gasteiger partial charge is 0.0504 e. The van der Waals surface area contributed by atoms with E-state index < -0.39 is 0 Å². The second kappa shape index (κ2) is 5.54. The number of aryl methyl sites for hydroxylation is 1. The zero-order valence-corrected chi connectivity index (χ0v) is 12.7. The number of hydrogen-bond donors (Lipinski definition) is 1. The molecule has 106 valence electrons. The first kappa shape index (κ1) is 14.4. The molecule has 1 fully saturated rings. The van der Waals surface area contributed by atoms with Crippen molar-refractivity contribution >= 4 is 5.69 Å². The van der Waals surface area contributed by atoms with E-state index in [2.05, 4.69) is 50.9 Å². The number of hydrogen-bond acceptors (Lipinski definition) is 2. The average Bonchev–Trinajstić information content (AvgIpc) is 2.33. The van der Waals surface area contributed by atoms with E-state index in [0.29, 0.717) is 12.5 Å². The maximum Gasteiger partial charge on any atom is 0.0504 e. The lowest BCUT2D eigenvalue weighted by Gasteiger charge is -2.43. The molecule has 0 amide bonds. The molecule has 0 unspecified atom stereocenters. The Labute approximate surface area is 117 Å². The molecule has 2 rings (SSSR count). The Morgan fingerprint density at radius 1 is 1.32 bits per heavy atom. The molecule has 1 aliphatic rings. The van der Waals surface area contributed by atoms with Gasteiger partial charge in [0.1, 0.15) is 0 Å². The molecule has 0 bridgehead atoms. The largest absolute Gasteiger partial charge is 0.396 e. The van der Waals surface area contributed by atoms with Gasteiger partial charge in [-0.2, -0.15) is 0 Å². The van der Waals surface area contributed by atoms with Crippen molar-refractivity contribution in [1.82, 2.24) is 0 Å². The summed E-state index contributed by atoms with van der Waals surface area (Å²) in [6.07, 6.45) is 3.59. The normalized spacial score (nSPS) is 17.4. The Kier molecular flexibility index (Phi) is 4.19. The Morgan fingerprint density at radius 3 is 2.47 bits per heavy atom. The van der Waals surface area contributed by atoms with Gasteiger partial charge in [0.25, 0.3) is 0 Å². The zero-order valence-electron chi connectivity index (χ0n) is 12.7. The van der Waals surface area contributed by atoms with Crippen molar-refractivity contribution in [3.05, 3.63) is 29.3 Å².